The number of ether oxygens (including phenoxy) is 1. The van der Waals surface area contributed by atoms with Crippen molar-refractivity contribution in [3.05, 3.63) is 29.9 Å². The fourth-order valence-corrected chi connectivity index (χ4v) is 4.25. The molecule has 0 atom stereocenters. The van der Waals surface area contributed by atoms with Crippen LogP contribution in [0.15, 0.2) is 27.6 Å². The van der Waals surface area contributed by atoms with E-state index in [1.165, 1.54) is 37.1 Å². The predicted molar refractivity (Wildman–Crippen MR) is 100 cm³/mol. The van der Waals surface area contributed by atoms with Gasteiger partial charge in [0.15, 0.2) is 5.82 Å². The second-order valence-electron chi connectivity index (χ2n) is 6.03. The number of thioether (sulfide) groups is 1. The summed E-state index contributed by atoms with van der Waals surface area (Å²) in [6, 6.07) is 4.37. The summed E-state index contributed by atoms with van der Waals surface area (Å²) in [5, 5.41) is 6.45. The third kappa shape index (κ3) is 5.44. The molecule has 2 aromatic rings. The Kier molecular flexibility index (Phi) is 6.02. The highest BCUT2D eigenvalue weighted by atomic mass is 32.2. The Balaban J connectivity index is 1.63. The van der Waals surface area contributed by atoms with E-state index in [0.29, 0.717) is 28.9 Å². The van der Waals surface area contributed by atoms with Crippen LogP contribution in [0, 0.1) is 6.92 Å². The lowest BCUT2D eigenvalue weighted by molar-refractivity contribution is -0.113. The fourth-order valence-electron chi connectivity index (χ4n) is 2.26. The van der Waals surface area contributed by atoms with E-state index in [2.05, 4.69) is 20.2 Å². The minimum Gasteiger partial charge on any atom is -0.495 e. The molecule has 0 saturated heterocycles. The number of aryl methyl sites for hydroxylation is 1. The van der Waals surface area contributed by atoms with Crippen LogP contribution in [0.1, 0.15) is 24.6 Å². The first-order valence-corrected chi connectivity index (χ1v) is 10.9. The smallest absolute Gasteiger partial charge is 0.240 e. The van der Waals surface area contributed by atoms with Crippen molar-refractivity contribution in [1.29, 1.82) is 0 Å². The summed E-state index contributed by atoms with van der Waals surface area (Å²) in [6.45, 7) is 1.69. The number of carbonyl (C=O) groups is 1. The number of carbonyl (C=O) groups excluding carboxylic acids is 1. The normalized spacial score (nSPS) is 14.1. The SMILES string of the molecule is COc1ccc(S(=O)(=O)NC2CC2)cc1NC(=O)CSCc1noc(C)n1. The molecule has 9 nitrogen and oxygen atoms in total. The van der Waals surface area contributed by atoms with Gasteiger partial charge in [-0.1, -0.05) is 5.16 Å². The van der Waals surface area contributed by atoms with Crippen LogP contribution >= 0.6 is 11.8 Å². The number of aromatic nitrogens is 2. The highest BCUT2D eigenvalue weighted by molar-refractivity contribution is 7.99. The number of nitrogens with one attached hydrogen (secondary N) is 2. The van der Waals surface area contributed by atoms with Crippen molar-refractivity contribution in [1.82, 2.24) is 14.9 Å². The van der Waals surface area contributed by atoms with Crippen LogP contribution in [0.4, 0.5) is 5.69 Å². The summed E-state index contributed by atoms with van der Waals surface area (Å²) in [6.07, 6.45) is 1.69. The first-order valence-electron chi connectivity index (χ1n) is 8.24. The van der Waals surface area contributed by atoms with E-state index < -0.39 is 10.0 Å². The molecule has 27 heavy (non-hydrogen) atoms. The first-order chi connectivity index (χ1) is 12.9. The molecule has 0 bridgehead atoms. The van der Waals surface area contributed by atoms with Crippen LogP contribution in [0.5, 0.6) is 5.75 Å². The zero-order valence-electron chi connectivity index (χ0n) is 14.9. The Hall–Kier alpha value is -2.11. The molecule has 2 N–H and O–H groups in total. The number of hydrogen-bond acceptors (Lipinski definition) is 8. The number of hydrogen-bond donors (Lipinski definition) is 2. The molecule has 1 aromatic carbocycles. The van der Waals surface area contributed by atoms with Gasteiger partial charge in [-0.25, -0.2) is 13.1 Å². The molecule has 1 aliphatic carbocycles. The Morgan fingerprint density at radius 1 is 1.41 bits per heavy atom. The van der Waals surface area contributed by atoms with Crippen molar-refractivity contribution < 1.29 is 22.5 Å². The molecule has 1 heterocycles. The Labute approximate surface area is 161 Å². The van der Waals surface area contributed by atoms with Gasteiger partial charge >= 0.3 is 0 Å². The number of rotatable bonds is 9. The lowest BCUT2D eigenvalue weighted by Gasteiger charge is -2.12. The summed E-state index contributed by atoms with van der Waals surface area (Å²) >= 11 is 1.32. The minimum absolute atomic E-state index is 0.000296. The molecule has 1 fully saturated rings. The average molecular weight is 412 g/mol. The molecule has 0 unspecified atom stereocenters. The average Bonchev–Trinajstić information content (AvgIpc) is 3.33. The van der Waals surface area contributed by atoms with E-state index in [1.807, 2.05) is 0 Å². The first kappa shape index (κ1) is 19.6. The summed E-state index contributed by atoms with van der Waals surface area (Å²) in [7, 11) is -2.17. The number of methoxy groups -OCH3 is 1. The molecule has 1 amide bonds. The molecule has 1 aromatic heterocycles. The second kappa shape index (κ2) is 8.28. The van der Waals surface area contributed by atoms with Gasteiger partial charge in [0.05, 0.1) is 29.2 Å². The highest BCUT2D eigenvalue weighted by Gasteiger charge is 2.28. The zero-order chi connectivity index (χ0) is 19.4. The van der Waals surface area contributed by atoms with Gasteiger partial charge in [-0.3, -0.25) is 4.79 Å². The molecule has 0 spiro atoms. The zero-order valence-corrected chi connectivity index (χ0v) is 16.5. The van der Waals surface area contributed by atoms with E-state index in [4.69, 9.17) is 9.26 Å². The highest BCUT2D eigenvalue weighted by Crippen LogP contribution is 2.29. The van der Waals surface area contributed by atoms with Crippen molar-refractivity contribution >= 4 is 33.4 Å². The van der Waals surface area contributed by atoms with Gasteiger partial charge in [0.1, 0.15) is 5.75 Å². The van der Waals surface area contributed by atoms with Gasteiger partial charge in [-0.2, -0.15) is 4.98 Å². The Morgan fingerprint density at radius 2 is 2.19 bits per heavy atom. The molecule has 0 radical (unpaired) electrons. The van der Waals surface area contributed by atoms with Crippen molar-refractivity contribution in [3.63, 3.8) is 0 Å². The summed E-state index contributed by atoms with van der Waals surface area (Å²) in [5.74, 6) is 1.66. The monoisotopic (exact) mass is 412 g/mol. The van der Waals surface area contributed by atoms with E-state index in [1.54, 1.807) is 6.92 Å². The number of amides is 1. The topological polar surface area (TPSA) is 123 Å². The quantitative estimate of drug-likeness (QED) is 0.638. The van der Waals surface area contributed by atoms with Crippen LogP contribution in [0.2, 0.25) is 0 Å². The molecular formula is C16H20N4O5S2. The lowest BCUT2D eigenvalue weighted by Crippen LogP contribution is -2.26. The van der Waals surface area contributed by atoms with E-state index in [-0.39, 0.29) is 22.6 Å². The third-order valence-electron chi connectivity index (χ3n) is 3.69. The van der Waals surface area contributed by atoms with Crippen LogP contribution in [-0.4, -0.2) is 43.4 Å². The Morgan fingerprint density at radius 3 is 2.81 bits per heavy atom. The standard InChI is InChI=1S/C16H20N4O5S2/c1-10-17-15(19-25-10)8-26-9-16(21)18-13-7-12(5-6-14(13)24-2)27(22,23)20-11-3-4-11/h5-7,11,20H,3-4,8-9H2,1-2H3,(H,18,21). The number of benzene rings is 1. The fraction of sp³-hybridized carbons (Fsp3) is 0.438. The molecule has 1 aliphatic rings. The van der Waals surface area contributed by atoms with Crippen molar-refractivity contribution in [3.8, 4) is 5.75 Å². The third-order valence-corrected chi connectivity index (χ3v) is 6.14. The van der Waals surface area contributed by atoms with Crippen LogP contribution in [0.25, 0.3) is 0 Å². The van der Waals surface area contributed by atoms with Gasteiger partial charge in [0.2, 0.25) is 21.8 Å². The molecule has 11 heteroatoms. The minimum atomic E-state index is -3.62. The van der Waals surface area contributed by atoms with Crippen molar-refractivity contribution in [2.75, 3.05) is 18.2 Å². The molecule has 1 saturated carbocycles. The number of sulfonamides is 1. The lowest BCUT2D eigenvalue weighted by atomic mass is 10.3. The van der Waals surface area contributed by atoms with E-state index in [0.717, 1.165) is 12.8 Å². The second-order valence-corrected chi connectivity index (χ2v) is 8.73. The van der Waals surface area contributed by atoms with E-state index >= 15 is 0 Å². The van der Waals surface area contributed by atoms with E-state index in [9.17, 15) is 13.2 Å². The predicted octanol–water partition coefficient (Wildman–Crippen LogP) is 1.70. The largest absolute Gasteiger partial charge is 0.495 e. The van der Waals surface area contributed by atoms with Gasteiger partial charge < -0.3 is 14.6 Å². The molecule has 146 valence electrons. The summed E-state index contributed by atoms with van der Waals surface area (Å²) in [5.41, 5.74) is 0.303. The maximum absolute atomic E-state index is 12.4. The molecule has 0 aliphatic heterocycles. The van der Waals surface area contributed by atoms with Crippen LogP contribution in [0.3, 0.4) is 0 Å². The van der Waals surface area contributed by atoms with Crippen LogP contribution in [-0.2, 0) is 20.6 Å². The molecular weight excluding hydrogens is 392 g/mol. The van der Waals surface area contributed by atoms with Gasteiger partial charge in [-0.05, 0) is 31.0 Å². The maximum Gasteiger partial charge on any atom is 0.240 e. The summed E-state index contributed by atoms with van der Waals surface area (Å²) in [4.78, 5) is 16.4. The molecule has 3 rings (SSSR count). The van der Waals surface area contributed by atoms with Gasteiger partial charge in [-0.15, -0.1) is 11.8 Å². The van der Waals surface area contributed by atoms with Crippen LogP contribution < -0.4 is 14.8 Å². The summed E-state index contributed by atoms with van der Waals surface area (Å²) < 4.78 is 37.4. The Bertz CT molecular complexity index is 925. The van der Waals surface area contributed by atoms with Gasteiger partial charge in [0.25, 0.3) is 0 Å². The van der Waals surface area contributed by atoms with Crippen molar-refractivity contribution in [2.45, 2.75) is 36.5 Å². The van der Waals surface area contributed by atoms with Gasteiger partial charge in [0, 0.05) is 13.0 Å². The number of anilines is 1. The maximum atomic E-state index is 12.4. The van der Waals surface area contributed by atoms with Crippen molar-refractivity contribution in [2.24, 2.45) is 0 Å². The number of nitrogens with zero attached hydrogens (tertiary/aromatic N) is 2.